The van der Waals surface area contributed by atoms with E-state index in [-0.39, 0.29) is 17.7 Å². The Labute approximate surface area is 110 Å². The minimum atomic E-state index is -0.117. The zero-order chi connectivity index (χ0) is 13.1. The number of thiophene rings is 1. The number of carbonyl (C=O) groups is 1. The van der Waals surface area contributed by atoms with Crippen LogP contribution in [0.15, 0.2) is 35.7 Å². The molecule has 2 rings (SSSR count). The molecule has 0 saturated heterocycles. The minimum Gasteiger partial charge on any atom is -0.508 e. The van der Waals surface area contributed by atoms with Gasteiger partial charge in [-0.2, -0.15) is 0 Å². The van der Waals surface area contributed by atoms with Crippen molar-refractivity contribution in [2.75, 3.05) is 0 Å². The molecule has 1 amide bonds. The second-order valence-corrected chi connectivity index (χ2v) is 5.19. The third kappa shape index (κ3) is 2.71. The molecule has 2 N–H and O–H groups in total. The van der Waals surface area contributed by atoms with Gasteiger partial charge in [-0.15, -0.1) is 11.3 Å². The molecule has 2 aromatic rings. The van der Waals surface area contributed by atoms with Crippen LogP contribution in [0.2, 0.25) is 0 Å². The van der Waals surface area contributed by atoms with E-state index >= 15 is 0 Å². The lowest BCUT2D eigenvalue weighted by atomic mass is 10.1. The van der Waals surface area contributed by atoms with Gasteiger partial charge in [-0.25, -0.2) is 0 Å². The highest BCUT2D eigenvalue weighted by Crippen LogP contribution is 2.20. The van der Waals surface area contributed by atoms with E-state index in [1.807, 2.05) is 31.4 Å². The van der Waals surface area contributed by atoms with Crippen LogP contribution < -0.4 is 5.32 Å². The Morgan fingerprint density at radius 3 is 2.78 bits per heavy atom. The second-order valence-electron chi connectivity index (χ2n) is 4.21. The fourth-order valence-electron chi connectivity index (χ4n) is 1.79. The predicted molar refractivity (Wildman–Crippen MR) is 73.0 cm³/mol. The Morgan fingerprint density at radius 2 is 2.17 bits per heavy atom. The summed E-state index contributed by atoms with van der Waals surface area (Å²) in [6.07, 6.45) is 0. The summed E-state index contributed by atoms with van der Waals surface area (Å²) in [5.41, 5.74) is 1.36. The van der Waals surface area contributed by atoms with E-state index in [0.717, 1.165) is 10.4 Å². The Balaban J connectivity index is 2.12. The molecule has 94 valence electrons. The summed E-state index contributed by atoms with van der Waals surface area (Å²) in [7, 11) is 0. The highest BCUT2D eigenvalue weighted by Gasteiger charge is 2.14. The summed E-state index contributed by atoms with van der Waals surface area (Å²) in [6, 6.07) is 8.71. The van der Waals surface area contributed by atoms with Crippen LogP contribution in [0.5, 0.6) is 5.75 Å². The van der Waals surface area contributed by atoms with E-state index in [2.05, 4.69) is 5.32 Å². The molecule has 1 atom stereocenters. The van der Waals surface area contributed by atoms with Crippen LogP contribution in [0.1, 0.15) is 33.8 Å². The third-order valence-electron chi connectivity index (χ3n) is 2.77. The summed E-state index contributed by atoms with van der Waals surface area (Å²) in [4.78, 5) is 13.2. The maximum atomic E-state index is 12.1. The van der Waals surface area contributed by atoms with E-state index < -0.39 is 0 Å². The molecule has 1 heterocycles. The van der Waals surface area contributed by atoms with Crippen molar-refractivity contribution in [2.24, 2.45) is 0 Å². The molecule has 0 fully saturated rings. The zero-order valence-corrected chi connectivity index (χ0v) is 11.1. The fourth-order valence-corrected chi connectivity index (χ4v) is 2.52. The average Bonchev–Trinajstić information content (AvgIpc) is 2.81. The van der Waals surface area contributed by atoms with Gasteiger partial charge in [-0.05, 0) is 49.1 Å². The second kappa shape index (κ2) is 5.23. The largest absolute Gasteiger partial charge is 0.508 e. The SMILES string of the molecule is Cc1cc(O)ccc1C(=O)NC(C)c1cccs1. The maximum Gasteiger partial charge on any atom is 0.252 e. The molecule has 0 aliphatic carbocycles. The van der Waals surface area contributed by atoms with Gasteiger partial charge in [0.1, 0.15) is 5.75 Å². The molecular weight excluding hydrogens is 246 g/mol. The van der Waals surface area contributed by atoms with Crippen LogP contribution in [0.25, 0.3) is 0 Å². The van der Waals surface area contributed by atoms with Crippen molar-refractivity contribution in [1.29, 1.82) is 0 Å². The molecule has 1 unspecified atom stereocenters. The maximum absolute atomic E-state index is 12.1. The zero-order valence-electron chi connectivity index (χ0n) is 10.3. The van der Waals surface area contributed by atoms with Crippen molar-refractivity contribution >= 4 is 17.2 Å². The van der Waals surface area contributed by atoms with Gasteiger partial charge in [-0.3, -0.25) is 4.79 Å². The molecule has 4 heteroatoms. The number of amides is 1. The van der Waals surface area contributed by atoms with Gasteiger partial charge in [-0.1, -0.05) is 6.07 Å². The van der Waals surface area contributed by atoms with Crippen molar-refractivity contribution in [2.45, 2.75) is 19.9 Å². The molecule has 1 aromatic heterocycles. The molecule has 0 aliphatic rings. The highest BCUT2D eigenvalue weighted by atomic mass is 32.1. The van der Waals surface area contributed by atoms with Gasteiger partial charge in [0.25, 0.3) is 5.91 Å². The van der Waals surface area contributed by atoms with Crippen LogP contribution >= 0.6 is 11.3 Å². The standard InChI is InChI=1S/C14H15NO2S/c1-9-8-11(16)5-6-12(9)14(17)15-10(2)13-4-3-7-18-13/h3-8,10,16H,1-2H3,(H,15,17). The van der Waals surface area contributed by atoms with Gasteiger partial charge < -0.3 is 10.4 Å². The number of carbonyl (C=O) groups excluding carboxylic acids is 1. The Bertz CT molecular complexity index is 549. The minimum absolute atomic E-state index is 0.00861. The van der Waals surface area contributed by atoms with E-state index in [4.69, 9.17) is 0 Å². The van der Waals surface area contributed by atoms with Crippen molar-refractivity contribution in [3.8, 4) is 5.75 Å². The number of phenolic OH excluding ortho intramolecular Hbond substituents is 1. The summed E-state index contributed by atoms with van der Waals surface area (Å²) in [5.74, 6) is 0.0590. The van der Waals surface area contributed by atoms with Gasteiger partial charge in [0.05, 0.1) is 6.04 Å². The van der Waals surface area contributed by atoms with Crippen molar-refractivity contribution in [3.63, 3.8) is 0 Å². The number of benzene rings is 1. The quantitative estimate of drug-likeness (QED) is 0.891. The van der Waals surface area contributed by atoms with Crippen LogP contribution in [0.3, 0.4) is 0 Å². The van der Waals surface area contributed by atoms with Gasteiger partial charge in [0, 0.05) is 10.4 Å². The van der Waals surface area contributed by atoms with Gasteiger partial charge in [0.15, 0.2) is 0 Å². The number of rotatable bonds is 3. The van der Waals surface area contributed by atoms with E-state index in [1.165, 1.54) is 6.07 Å². The van der Waals surface area contributed by atoms with Gasteiger partial charge >= 0.3 is 0 Å². The molecule has 0 radical (unpaired) electrons. The van der Waals surface area contributed by atoms with Crippen molar-refractivity contribution < 1.29 is 9.90 Å². The molecular formula is C14H15NO2S. The first kappa shape index (κ1) is 12.6. The number of aryl methyl sites for hydroxylation is 1. The van der Waals surface area contributed by atoms with Crippen LogP contribution in [-0.4, -0.2) is 11.0 Å². The molecule has 1 aromatic carbocycles. The Morgan fingerprint density at radius 1 is 1.39 bits per heavy atom. The molecule has 3 nitrogen and oxygen atoms in total. The lowest BCUT2D eigenvalue weighted by Gasteiger charge is -2.13. The first-order valence-electron chi connectivity index (χ1n) is 5.72. The lowest BCUT2D eigenvalue weighted by Crippen LogP contribution is -2.26. The summed E-state index contributed by atoms with van der Waals surface area (Å²) in [5, 5.41) is 14.3. The smallest absolute Gasteiger partial charge is 0.252 e. The predicted octanol–water partition coefficient (Wildman–Crippen LogP) is 3.25. The Hall–Kier alpha value is -1.81. The number of aromatic hydroxyl groups is 1. The van der Waals surface area contributed by atoms with Crippen molar-refractivity contribution in [1.82, 2.24) is 5.32 Å². The van der Waals surface area contributed by atoms with E-state index in [1.54, 1.807) is 23.5 Å². The summed E-state index contributed by atoms with van der Waals surface area (Å²) >= 11 is 1.62. The number of phenols is 1. The fraction of sp³-hybridized carbons (Fsp3) is 0.214. The topological polar surface area (TPSA) is 49.3 Å². The number of hydrogen-bond donors (Lipinski definition) is 2. The molecule has 0 aliphatic heterocycles. The van der Waals surface area contributed by atoms with Crippen LogP contribution in [0.4, 0.5) is 0 Å². The molecule has 0 saturated carbocycles. The van der Waals surface area contributed by atoms with E-state index in [0.29, 0.717) is 5.56 Å². The van der Waals surface area contributed by atoms with Gasteiger partial charge in [0.2, 0.25) is 0 Å². The monoisotopic (exact) mass is 261 g/mol. The van der Waals surface area contributed by atoms with Crippen molar-refractivity contribution in [3.05, 3.63) is 51.7 Å². The lowest BCUT2D eigenvalue weighted by molar-refractivity contribution is 0.0940. The van der Waals surface area contributed by atoms with Crippen LogP contribution in [-0.2, 0) is 0 Å². The first-order valence-corrected chi connectivity index (χ1v) is 6.60. The summed E-state index contributed by atoms with van der Waals surface area (Å²) < 4.78 is 0. The molecule has 0 bridgehead atoms. The molecule has 0 spiro atoms. The normalized spacial score (nSPS) is 12.1. The Kier molecular flexibility index (Phi) is 3.67. The third-order valence-corrected chi connectivity index (χ3v) is 3.83. The highest BCUT2D eigenvalue weighted by molar-refractivity contribution is 7.10. The number of hydrogen-bond acceptors (Lipinski definition) is 3. The molecule has 18 heavy (non-hydrogen) atoms. The average molecular weight is 261 g/mol. The van der Waals surface area contributed by atoms with Crippen LogP contribution in [0, 0.1) is 6.92 Å². The number of nitrogens with one attached hydrogen (secondary N) is 1. The summed E-state index contributed by atoms with van der Waals surface area (Å²) in [6.45, 7) is 3.77. The first-order chi connectivity index (χ1) is 8.58. The van der Waals surface area contributed by atoms with E-state index in [9.17, 15) is 9.90 Å².